The molecular formula is C7H4N2O2S. The molecule has 0 spiro atoms. The number of carboxylic acid groups (broad SMARTS) is 1. The van der Waals surface area contributed by atoms with Crippen molar-refractivity contribution in [3.05, 3.63) is 24.0 Å². The van der Waals surface area contributed by atoms with Gasteiger partial charge in [-0.3, -0.25) is 0 Å². The minimum atomic E-state index is -1.12. The SMILES string of the molecule is N#CSc1cccnc1C(=O)O. The fourth-order valence-electron chi connectivity index (χ4n) is 0.683. The maximum absolute atomic E-state index is 10.5. The lowest BCUT2D eigenvalue weighted by atomic mass is 10.3. The zero-order valence-corrected chi connectivity index (χ0v) is 6.71. The van der Waals surface area contributed by atoms with Gasteiger partial charge in [0, 0.05) is 6.20 Å². The van der Waals surface area contributed by atoms with Gasteiger partial charge in [-0.05, 0) is 23.9 Å². The van der Waals surface area contributed by atoms with E-state index in [0.29, 0.717) is 4.90 Å². The first-order chi connectivity index (χ1) is 5.75. The summed E-state index contributed by atoms with van der Waals surface area (Å²) in [6.07, 6.45) is 1.38. The van der Waals surface area contributed by atoms with E-state index in [0.717, 1.165) is 11.8 Å². The van der Waals surface area contributed by atoms with Crippen LogP contribution in [0.3, 0.4) is 0 Å². The van der Waals surface area contributed by atoms with Crippen LogP contribution in [0.15, 0.2) is 23.2 Å². The highest BCUT2D eigenvalue weighted by molar-refractivity contribution is 8.03. The lowest BCUT2D eigenvalue weighted by Gasteiger charge is -1.96. The van der Waals surface area contributed by atoms with Crippen LogP contribution >= 0.6 is 11.8 Å². The van der Waals surface area contributed by atoms with Crippen molar-refractivity contribution < 1.29 is 9.90 Å². The zero-order valence-electron chi connectivity index (χ0n) is 5.89. The van der Waals surface area contributed by atoms with Crippen LogP contribution in [0.2, 0.25) is 0 Å². The Labute approximate surface area is 72.9 Å². The van der Waals surface area contributed by atoms with Crippen LogP contribution in [-0.4, -0.2) is 16.1 Å². The molecule has 1 rings (SSSR count). The van der Waals surface area contributed by atoms with Gasteiger partial charge in [-0.1, -0.05) is 0 Å². The van der Waals surface area contributed by atoms with Crippen molar-refractivity contribution in [1.29, 1.82) is 5.26 Å². The minimum absolute atomic E-state index is 0.0796. The number of pyridine rings is 1. The summed E-state index contributed by atoms with van der Waals surface area (Å²) in [6.45, 7) is 0. The number of thioether (sulfide) groups is 1. The summed E-state index contributed by atoms with van der Waals surface area (Å²) in [5.74, 6) is -1.12. The molecule has 12 heavy (non-hydrogen) atoms. The van der Waals surface area contributed by atoms with Gasteiger partial charge in [-0.2, -0.15) is 5.26 Å². The molecule has 60 valence electrons. The van der Waals surface area contributed by atoms with Crippen LogP contribution in [0.1, 0.15) is 10.5 Å². The molecule has 0 atom stereocenters. The maximum Gasteiger partial charge on any atom is 0.355 e. The number of hydrogen-bond acceptors (Lipinski definition) is 4. The Kier molecular flexibility index (Phi) is 2.66. The lowest BCUT2D eigenvalue weighted by Crippen LogP contribution is -2.01. The van der Waals surface area contributed by atoms with Gasteiger partial charge in [-0.25, -0.2) is 9.78 Å². The third kappa shape index (κ3) is 1.74. The van der Waals surface area contributed by atoms with Crippen LogP contribution in [0.4, 0.5) is 0 Å². The lowest BCUT2D eigenvalue weighted by molar-refractivity contribution is 0.0686. The largest absolute Gasteiger partial charge is 0.476 e. The molecule has 0 aliphatic rings. The molecule has 0 bridgehead atoms. The summed E-state index contributed by atoms with van der Waals surface area (Å²) in [4.78, 5) is 14.5. The van der Waals surface area contributed by atoms with Crippen molar-refractivity contribution in [3.8, 4) is 5.40 Å². The second-order valence-electron chi connectivity index (χ2n) is 1.85. The molecule has 0 aliphatic heterocycles. The van der Waals surface area contributed by atoms with E-state index < -0.39 is 5.97 Å². The van der Waals surface area contributed by atoms with Crippen LogP contribution in [0.25, 0.3) is 0 Å². The number of thiocyanates is 1. The van der Waals surface area contributed by atoms with Crippen molar-refractivity contribution in [2.24, 2.45) is 0 Å². The highest BCUT2D eigenvalue weighted by Crippen LogP contribution is 2.18. The second kappa shape index (κ2) is 3.74. The highest BCUT2D eigenvalue weighted by Gasteiger charge is 2.10. The number of hydrogen-bond donors (Lipinski definition) is 1. The molecule has 1 aromatic heterocycles. The van der Waals surface area contributed by atoms with E-state index in [1.165, 1.54) is 6.20 Å². The fourth-order valence-corrected chi connectivity index (χ4v) is 1.16. The molecule has 0 fully saturated rings. The third-order valence-corrected chi connectivity index (χ3v) is 1.77. The fraction of sp³-hybridized carbons (Fsp3) is 0. The second-order valence-corrected chi connectivity index (χ2v) is 2.68. The molecule has 0 aromatic carbocycles. The molecule has 0 saturated carbocycles. The Morgan fingerprint density at radius 2 is 2.50 bits per heavy atom. The number of nitrogens with zero attached hydrogens (tertiary/aromatic N) is 2. The quantitative estimate of drug-likeness (QED) is 0.549. The minimum Gasteiger partial charge on any atom is -0.476 e. The standard InChI is InChI=1S/C7H4N2O2S/c8-4-12-5-2-1-3-9-6(5)7(10)11/h1-3H,(H,10,11). The van der Waals surface area contributed by atoms with Gasteiger partial charge in [0.25, 0.3) is 0 Å². The monoisotopic (exact) mass is 180 g/mol. The van der Waals surface area contributed by atoms with Crippen molar-refractivity contribution >= 4 is 17.7 Å². The molecule has 1 heterocycles. The predicted octanol–water partition coefficient (Wildman–Crippen LogP) is 1.35. The van der Waals surface area contributed by atoms with Gasteiger partial charge in [0.05, 0.1) is 4.90 Å². The van der Waals surface area contributed by atoms with Crippen LogP contribution < -0.4 is 0 Å². The summed E-state index contributed by atoms with van der Waals surface area (Å²) in [5.41, 5.74) is -0.0796. The van der Waals surface area contributed by atoms with Crippen molar-refractivity contribution in [2.45, 2.75) is 4.90 Å². The van der Waals surface area contributed by atoms with Crippen LogP contribution in [-0.2, 0) is 0 Å². The summed E-state index contributed by atoms with van der Waals surface area (Å²) in [7, 11) is 0. The number of aromatic carboxylic acids is 1. The molecule has 0 amide bonds. The maximum atomic E-state index is 10.5. The van der Waals surface area contributed by atoms with Crippen LogP contribution in [0, 0.1) is 10.7 Å². The van der Waals surface area contributed by atoms with Crippen molar-refractivity contribution in [1.82, 2.24) is 4.98 Å². The molecule has 0 unspecified atom stereocenters. The van der Waals surface area contributed by atoms with Gasteiger partial charge in [0.2, 0.25) is 0 Å². The molecule has 0 aliphatic carbocycles. The van der Waals surface area contributed by atoms with Crippen molar-refractivity contribution in [2.75, 3.05) is 0 Å². The number of rotatable bonds is 2. The average molecular weight is 180 g/mol. The van der Waals surface area contributed by atoms with Crippen LogP contribution in [0.5, 0.6) is 0 Å². The third-order valence-electron chi connectivity index (χ3n) is 1.13. The van der Waals surface area contributed by atoms with Gasteiger partial charge >= 0.3 is 5.97 Å². The Morgan fingerprint density at radius 3 is 3.08 bits per heavy atom. The normalized spacial score (nSPS) is 8.92. The first-order valence-electron chi connectivity index (χ1n) is 3.00. The molecule has 0 saturated heterocycles. The zero-order chi connectivity index (χ0) is 8.97. The Morgan fingerprint density at radius 1 is 1.75 bits per heavy atom. The number of carboxylic acids is 1. The molecule has 1 aromatic rings. The molecular weight excluding hydrogens is 176 g/mol. The number of aromatic nitrogens is 1. The van der Waals surface area contributed by atoms with Gasteiger partial charge in [0.1, 0.15) is 5.40 Å². The smallest absolute Gasteiger partial charge is 0.355 e. The Balaban J connectivity index is 3.10. The van der Waals surface area contributed by atoms with E-state index in [-0.39, 0.29) is 5.69 Å². The summed E-state index contributed by atoms with van der Waals surface area (Å²) in [6, 6.07) is 3.14. The van der Waals surface area contributed by atoms with E-state index in [4.69, 9.17) is 10.4 Å². The van der Waals surface area contributed by atoms with Gasteiger partial charge in [0.15, 0.2) is 5.69 Å². The Hall–Kier alpha value is -1.54. The van der Waals surface area contributed by atoms with E-state index in [1.807, 2.05) is 0 Å². The topological polar surface area (TPSA) is 74.0 Å². The van der Waals surface area contributed by atoms with Gasteiger partial charge in [-0.15, -0.1) is 0 Å². The van der Waals surface area contributed by atoms with E-state index in [9.17, 15) is 4.79 Å². The van der Waals surface area contributed by atoms with E-state index in [1.54, 1.807) is 17.5 Å². The summed E-state index contributed by atoms with van der Waals surface area (Å²) < 4.78 is 0. The average Bonchev–Trinajstić information content (AvgIpc) is 2.05. The molecule has 4 nitrogen and oxygen atoms in total. The first-order valence-corrected chi connectivity index (χ1v) is 3.81. The number of nitriles is 1. The van der Waals surface area contributed by atoms with E-state index in [2.05, 4.69) is 4.98 Å². The molecule has 1 N–H and O–H groups in total. The number of carbonyl (C=O) groups is 1. The van der Waals surface area contributed by atoms with Gasteiger partial charge < -0.3 is 5.11 Å². The predicted molar refractivity (Wildman–Crippen MR) is 42.7 cm³/mol. The molecule has 5 heteroatoms. The summed E-state index contributed by atoms with van der Waals surface area (Å²) >= 11 is 0.792. The van der Waals surface area contributed by atoms with E-state index >= 15 is 0 Å². The summed E-state index contributed by atoms with van der Waals surface area (Å²) in [5, 5.41) is 18.7. The van der Waals surface area contributed by atoms with Crippen molar-refractivity contribution in [3.63, 3.8) is 0 Å². The molecule has 0 radical (unpaired) electrons. The first kappa shape index (κ1) is 8.56. The Bertz CT molecular complexity index is 346. The highest BCUT2D eigenvalue weighted by atomic mass is 32.2.